The number of aliphatic carboxylic acids is 2. The van der Waals surface area contributed by atoms with Crippen molar-refractivity contribution in [1.82, 2.24) is 5.32 Å². The average Bonchev–Trinajstić information content (AvgIpc) is 3.19. The number of rotatable bonds is 6. The zero-order chi connectivity index (χ0) is 17.5. The van der Waals surface area contributed by atoms with Crippen LogP contribution in [0.15, 0.2) is 30.3 Å². The van der Waals surface area contributed by atoms with E-state index in [0.717, 1.165) is 0 Å². The molecule has 0 aliphatic heterocycles. The molecule has 3 rings (SSSR count). The van der Waals surface area contributed by atoms with Crippen LogP contribution in [0.3, 0.4) is 0 Å². The highest BCUT2D eigenvalue weighted by molar-refractivity contribution is 5.88. The fourth-order valence-electron chi connectivity index (χ4n) is 3.97. The second-order valence-electron chi connectivity index (χ2n) is 6.65. The van der Waals surface area contributed by atoms with Crippen molar-refractivity contribution < 1.29 is 24.6 Å². The van der Waals surface area contributed by atoms with Gasteiger partial charge in [0, 0.05) is 18.4 Å². The van der Waals surface area contributed by atoms with Crippen LogP contribution >= 0.6 is 0 Å². The van der Waals surface area contributed by atoms with Crippen molar-refractivity contribution in [3.8, 4) is 0 Å². The predicted octanol–water partition coefficient (Wildman–Crippen LogP) is 0.409. The maximum absolute atomic E-state index is 12.3. The summed E-state index contributed by atoms with van der Waals surface area (Å²) in [5.41, 5.74) is 5.21. The number of fused-ring (bicyclic) bond motifs is 1. The summed E-state index contributed by atoms with van der Waals surface area (Å²) in [5.74, 6) is -4.01. The third-order valence-electron chi connectivity index (χ3n) is 5.34. The molecule has 2 fully saturated rings. The molecular weight excluding hydrogens is 312 g/mol. The van der Waals surface area contributed by atoms with E-state index in [4.69, 9.17) is 5.73 Å². The molecule has 1 amide bonds. The molecule has 2 saturated carbocycles. The van der Waals surface area contributed by atoms with Crippen LogP contribution in [-0.2, 0) is 14.4 Å². The van der Waals surface area contributed by atoms with E-state index in [0.29, 0.717) is 18.4 Å². The topological polar surface area (TPSA) is 130 Å². The van der Waals surface area contributed by atoms with E-state index in [1.807, 2.05) is 0 Å². The van der Waals surface area contributed by atoms with Crippen molar-refractivity contribution >= 4 is 17.8 Å². The normalized spacial score (nSPS) is 31.8. The molecule has 0 radical (unpaired) electrons. The van der Waals surface area contributed by atoms with Gasteiger partial charge in [0.1, 0.15) is 5.54 Å². The van der Waals surface area contributed by atoms with E-state index in [2.05, 4.69) is 5.32 Å². The van der Waals surface area contributed by atoms with Crippen molar-refractivity contribution in [3.63, 3.8) is 0 Å². The van der Waals surface area contributed by atoms with E-state index >= 15 is 0 Å². The molecule has 128 valence electrons. The van der Waals surface area contributed by atoms with Crippen molar-refractivity contribution in [3.05, 3.63) is 35.9 Å². The Kier molecular flexibility index (Phi) is 4.04. The van der Waals surface area contributed by atoms with E-state index in [-0.39, 0.29) is 24.3 Å². The molecule has 1 aromatic rings. The molecule has 1 unspecified atom stereocenters. The highest BCUT2D eigenvalue weighted by Crippen LogP contribution is 2.61. The van der Waals surface area contributed by atoms with Gasteiger partial charge in [-0.3, -0.25) is 14.4 Å². The number of nitrogens with two attached hydrogens (primary N) is 1. The van der Waals surface area contributed by atoms with Gasteiger partial charge >= 0.3 is 11.9 Å². The third-order valence-corrected chi connectivity index (χ3v) is 5.34. The minimum absolute atomic E-state index is 0.00824. The number of hydrogen-bond acceptors (Lipinski definition) is 4. The molecule has 2 aliphatic rings. The monoisotopic (exact) mass is 332 g/mol. The van der Waals surface area contributed by atoms with Crippen LogP contribution in [0, 0.1) is 17.8 Å². The first-order chi connectivity index (χ1) is 11.4. The number of hydrogen-bond donors (Lipinski definition) is 4. The van der Waals surface area contributed by atoms with Crippen molar-refractivity contribution in [1.29, 1.82) is 0 Å². The maximum atomic E-state index is 12.3. The van der Waals surface area contributed by atoms with E-state index in [9.17, 15) is 24.6 Å². The van der Waals surface area contributed by atoms with E-state index < -0.39 is 29.3 Å². The van der Waals surface area contributed by atoms with Gasteiger partial charge in [-0.15, -0.1) is 0 Å². The second-order valence-corrected chi connectivity index (χ2v) is 6.65. The van der Waals surface area contributed by atoms with Crippen LogP contribution in [0.1, 0.15) is 24.3 Å². The zero-order valence-corrected chi connectivity index (χ0v) is 13.0. The molecule has 0 spiro atoms. The Morgan fingerprint density at radius 1 is 1.25 bits per heavy atom. The van der Waals surface area contributed by atoms with Crippen molar-refractivity contribution in [2.75, 3.05) is 6.54 Å². The largest absolute Gasteiger partial charge is 0.481 e. The van der Waals surface area contributed by atoms with Gasteiger partial charge < -0.3 is 21.3 Å². The van der Waals surface area contributed by atoms with Crippen LogP contribution in [0.25, 0.3) is 0 Å². The molecular formula is C17H20N2O5. The molecule has 5 N–H and O–H groups in total. The number of nitrogens with one attached hydrogen (secondary N) is 1. The summed E-state index contributed by atoms with van der Waals surface area (Å²) >= 11 is 0. The SMILES string of the molecule is N[C@@]1(C(=O)O)CC[C@H]2[C@H](C(=O)NCC(C(=O)O)c3ccccc3)[C@H]21. The minimum atomic E-state index is -1.34. The minimum Gasteiger partial charge on any atom is -0.481 e. The first-order valence-corrected chi connectivity index (χ1v) is 7.94. The first-order valence-electron chi connectivity index (χ1n) is 7.94. The summed E-state index contributed by atoms with van der Waals surface area (Å²) in [6.07, 6.45) is 0.996. The van der Waals surface area contributed by atoms with Crippen LogP contribution in [0.2, 0.25) is 0 Å². The van der Waals surface area contributed by atoms with Gasteiger partial charge in [-0.25, -0.2) is 0 Å². The zero-order valence-electron chi connectivity index (χ0n) is 13.0. The van der Waals surface area contributed by atoms with Crippen molar-refractivity contribution in [2.24, 2.45) is 23.5 Å². The smallest absolute Gasteiger partial charge is 0.323 e. The maximum Gasteiger partial charge on any atom is 0.323 e. The Labute approximate surface area is 138 Å². The van der Waals surface area contributed by atoms with Gasteiger partial charge in [-0.1, -0.05) is 30.3 Å². The second kappa shape index (κ2) is 5.90. The molecule has 24 heavy (non-hydrogen) atoms. The summed E-state index contributed by atoms with van der Waals surface area (Å²) in [7, 11) is 0. The average molecular weight is 332 g/mol. The first kappa shape index (κ1) is 16.4. The quantitative estimate of drug-likeness (QED) is 0.597. The highest BCUT2D eigenvalue weighted by Gasteiger charge is 2.69. The molecule has 5 atom stereocenters. The lowest BCUT2D eigenvalue weighted by molar-refractivity contribution is -0.144. The summed E-state index contributed by atoms with van der Waals surface area (Å²) in [6.45, 7) is -0.0290. The fourth-order valence-corrected chi connectivity index (χ4v) is 3.97. The number of carboxylic acids is 2. The Hall–Kier alpha value is -2.41. The Bertz CT molecular complexity index is 677. The number of carbonyl (C=O) groups is 3. The van der Waals surface area contributed by atoms with Crippen LogP contribution in [0.5, 0.6) is 0 Å². The lowest BCUT2D eigenvalue weighted by Crippen LogP contribution is -2.50. The number of carbonyl (C=O) groups excluding carboxylic acids is 1. The molecule has 0 heterocycles. The van der Waals surface area contributed by atoms with E-state index in [1.54, 1.807) is 30.3 Å². The molecule has 0 saturated heterocycles. The van der Waals surface area contributed by atoms with Crippen LogP contribution in [0.4, 0.5) is 0 Å². The lowest BCUT2D eigenvalue weighted by atomic mass is 9.91. The molecule has 7 heteroatoms. The molecule has 1 aromatic carbocycles. The molecule has 0 bridgehead atoms. The Morgan fingerprint density at radius 2 is 1.92 bits per heavy atom. The number of amides is 1. The summed E-state index contributed by atoms with van der Waals surface area (Å²) in [5, 5.41) is 21.3. The van der Waals surface area contributed by atoms with Gasteiger partial charge in [-0.2, -0.15) is 0 Å². The molecule has 2 aliphatic carbocycles. The van der Waals surface area contributed by atoms with Crippen molar-refractivity contribution in [2.45, 2.75) is 24.3 Å². The van der Waals surface area contributed by atoms with Crippen LogP contribution in [-0.4, -0.2) is 40.1 Å². The van der Waals surface area contributed by atoms with E-state index in [1.165, 1.54) is 0 Å². The van der Waals surface area contributed by atoms with Gasteiger partial charge in [0.2, 0.25) is 5.91 Å². The van der Waals surface area contributed by atoms with Crippen LogP contribution < -0.4 is 11.1 Å². The third kappa shape index (κ3) is 2.65. The summed E-state index contributed by atoms with van der Waals surface area (Å²) in [6, 6.07) is 8.68. The Morgan fingerprint density at radius 3 is 2.50 bits per heavy atom. The predicted molar refractivity (Wildman–Crippen MR) is 84.1 cm³/mol. The van der Waals surface area contributed by atoms with Gasteiger partial charge in [0.05, 0.1) is 5.92 Å². The van der Waals surface area contributed by atoms with Gasteiger partial charge in [0.15, 0.2) is 0 Å². The van der Waals surface area contributed by atoms with Gasteiger partial charge in [-0.05, 0) is 24.3 Å². The fraction of sp³-hybridized carbons (Fsp3) is 0.471. The lowest BCUT2D eigenvalue weighted by Gasteiger charge is -2.22. The highest BCUT2D eigenvalue weighted by atomic mass is 16.4. The number of carboxylic acid groups (broad SMARTS) is 2. The summed E-state index contributed by atoms with van der Waals surface area (Å²) < 4.78 is 0. The number of benzene rings is 1. The summed E-state index contributed by atoms with van der Waals surface area (Å²) in [4.78, 5) is 35.1. The Balaban J connectivity index is 1.62. The van der Waals surface area contributed by atoms with Gasteiger partial charge in [0.25, 0.3) is 0 Å². The molecule has 0 aromatic heterocycles. The molecule has 7 nitrogen and oxygen atoms in total. The standard InChI is InChI=1S/C17H20N2O5/c18-17(16(23)24)7-6-10-12(13(10)17)14(20)19-8-11(15(21)22)9-4-2-1-3-5-9/h1-5,10-13H,6-8,18H2,(H,19,20)(H,21,22)(H,23,24)/t10-,11?,12-,13-,17-/m0/s1.